The molecule has 1 unspecified atom stereocenters. The van der Waals surface area contributed by atoms with E-state index < -0.39 is 17.7 Å². The highest BCUT2D eigenvalue weighted by molar-refractivity contribution is 6.00. The van der Waals surface area contributed by atoms with Crippen LogP contribution in [-0.4, -0.2) is 29.0 Å². The van der Waals surface area contributed by atoms with Crippen molar-refractivity contribution >= 4 is 11.6 Å². The lowest BCUT2D eigenvalue weighted by Gasteiger charge is -2.20. The van der Waals surface area contributed by atoms with Gasteiger partial charge in [-0.2, -0.15) is 0 Å². The number of carbonyl (C=O) groups excluding carboxylic acids is 1. The Bertz CT molecular complexity index is 728. The normalized spacial score (nSPS) is 19.9. The van der Waals surface area contributed by atoms with Crippen LogP contribution in [-0.2, 0) is 4.79 Å². The Labute approximate surface area is 133 Å². The van der Waals surface area contributed by atoms with E-state index in [1.54, 1.807) is 36.4 Å². The van der Waals surface area contributed by atoms with E-state index in [9.17, 15) is 15.0 Å². The predicted molar refractivity (Wildman–Crippen MR) is 84.7 cm³/mol. The van der Waals surface area contributed by atoms with Gasteiger partial charge < -0.3 is 14.9 Å². The number of anilines is 1. The fraction of sp³-hybridized carbons (Fsp3) is 0.235. The minimum Gasteiger partial charge on any atom is -0.497 e. The van der Waals surface area contributed by atoms with Crippen molar-refractivity contribution in [3.63, 3.8) is 0 Å². The Morgan fingerprint density at radius 1 is 1.17 bits per heavy atom. The lowest BCUT2D eigenvalue weighted by atomic mass is 10.00. The molecule has 1 fully saturated rings. The van der Waals surface area contributed by atoms with Crippen molar-refractivity contribution in [1.82, 2.24) is 5.43 Å². The molecule has 23 heavy (non-hydrogen) atoms. The predicted octanol–water partition coefficient (Wildman–Crippen LogP) is 1.28. The number of aryl methyl sites for hydroxylation is 1. The number of ether oxygens (including phenoxy) is 1. The van der Waals surface area contributed by atoms with Gasteiger partial charge in [-0.3, -0.25) is 4.79 Å². The van der Waals surface area contributed by atoms with E-state index in [1.165, 1.54) is 7.11 Å². The van der Waals surface area contributed by atoms with E-state index in [2.05, 4.69) is 5.43 Å². The van der Waals surface area contributed by atoms with Crippen molar-refractivity contribution in [3.8, 4) is 5.75 Å². The van der Waals surface area contributed by atoms with Gasteiger partial charge in [0.2, 0.25) is 0 Å². The number of hydrogen-bond acceptors (Lipinski definition) is 5. The minimum absolute atomic E-state index is 0.539. The number of amides is 1. The molecule has 1 heterocycles. The average Bonchev–Trinajstić information content (AvgIpc) is 2.79. The highest BCUT2D eigenvalue weighted by Gasteiger charge is 2.53. The zero-order valence-corrected chi connectivity index (χ0v) is 12.9. The molecule has 0 aromatic heterocycles. The van der Waals surface area contributed by atoms with Gasteiger partial charge in [-0.15, -0.1) is 0 Å². The molecule has 1 amide bonds. The molecular formula is C17H18N2O4. The van der Waals surface area contributed by atoms with E-state index in [-0.39, 0.29) is 0 Å². The van der Waals surface area contributed by atoms with Gasteiger partial charge in [0.05, 0.1) is 12.8 Å². The van der Waals surface area contributed by atoms with E-state index >= 15 is 0 Å². The summed E-state index contributed by atoms with van der Waals surface area (Å²) in [6, 6.07) is 13.0. The Balaban J connectivity index is 1.96. The van der Waals surface area contributed by atoms with Crippen LogP contribution in [0.4, 0.5) is 5.69 Å². The molecule has 0 aliphatic carbocycles. The van der Waals surface area contributed by atoms with Gasteiger partial charge >= 0.3 is 5.91 Å². The van der Waals surface area contributed by atoms with Crippen molar-refractivity contribution < 1.29 is 19.7 Å². The molecule has 0 bridgehead atoms. The lowest BCUT2D eigenvalue weighted by molar-refractivity contribution is -0.182. The van der Waals surface area contributed by atoms with E-state index in [4.69, 9.17) is 4.74 Å². The number of benzene rings is 2. The summed E-state index contributed by atoms with van der Waals surface area (Å²) >= 11 is 0. The first-order chi connectivity index (χ1) is 10.9. The van der Waals surface area contributed by atoms with Gasteiger partial charge in [0.15, 0.2) is 0 Å². The summed E-state index contributed by atoms with van der Waals surface area (Å²) in [5, 5.41) is 21.7. The van der Waals surface area contributed by atoms with Crippen molar-refractivity contribution in [2.24, 2.45) is 0 Å². The fourth-order valence-corrected chi connectivity index (χ4v) is 2.58. The van der Waals surface area contributed by atoms with Gasteiger partial charge in [-0.1, -0.05) is 29.8 Å². The largest absolute Gasteiger partial charge is 0.497 e. The Hall–Kier alpha value is -2.41. The van der Waals surface area contributed by atoms with Crippen LogP contribution in [0.25, 0.3) is 0 Å². The van der Waals surface area contributed by atoms with Crippen LogP contribution in [0.3, 0.4) is 0 Å². The number of carbonyl (C=O) groups is 1. The van der Waals surface area contributed by atoms with Gasteiger partial charge in [-0.05, 0) is 36.8 Å². The zero-order valence-electron chi connectivity index (χ0n) is 12.9. The molecule has 0 saturated carbocycles. The van der Waals surface area contributed by atoms with Gasteiger partial charge in [0.1, 0.15) is 11.8 Å². The minimum atomic E-state index is -2.54. The van der Waals surface area contributed by atoms with Crippen molar-refractivity contribution in [1.29, 1.82) is 0 Å². The molecule has 0 radical (unpaired) electrons. The van der Waals surface area contributed by atoms with Crippen LogP contribution in [0.1, 0.15) is 17.2 Å². The lowest BCUT2D eigenvalue weighted by Crippen LogP contribution is -2.42. The third-order valence-electron chi connectivity index (χ3n) is 3.90. The summed E-state index contributed by atoms with van der Waals surface area (Å²) < 4.78 is 5.14. The monoisotopic (exact) mass is 314 g/mol. The number of rotatable bonds is 3. The molecule has 6 heteroatoms. The van der Waals surface area contributed by atoms with Crippen LogP contribution < -0.4 is 15.2 Å². The molecule has 1 atom stereocenters. The molecule has 1 saturated heterocycles. The molecule has 1 aliphatic heterocycles. The third-order valence-corrected chi connectivity index (χ3v) is 3.90. The number of aliphatic hydroxyl groups is 2. The van der Waals surface area contributed by atoms with Crippen LogP contribution in [0.15, 0.2) is 48.5 Å². The van der Waals surface area contributed by atoms with E-state index in [0.717, 1.165) is 10.6 Å². The summed E-state index contributed by atoms with van der Waals surface area (Å²) in [5.41, 5.74) is 4.99. The number of hydrazine groups is 1. The number of nitrogens with one attached hydrogen (secondary N) is 1. The summed E-state index contributed by atoms with van der Waals surface area (Å²) in [6.45, 7) is 1.93. The molecule has 3 N–H and O–H groups in total. The summed E-state index contributed by atoms with van der Waals surface area (Å²) in [5.74, 6) is -2.80. The Morgan fingerprint density at radius 2 is 1.87 bits per heavy atom. The Kier molecular flexibility index (Phi) is 3.81. The van der Waals surface area contributed by atoms with Gasteiger partial charge in [0, 0.05) is 0 Å². The molecule has 3 rings (SSSR count). The maximum atomic E-state index is 12.4. The molecule has 2 aromatic rings. The summed E-state index contributed by atoms with van der Waals surface area (Å²) in [6.07, 6.45) is 0. The summed E-state index contributed by atoms with van der Waals surface area (Å²) in [4.78, 5) is 12.4. The standard InChI is InChI=1S/C17H18N2O4/c1-11-6-8-13(9-7-11)19-16(20)17(21,22)15(18-19)12-4-3-5-14(10-12)23-2/h3-10,15,18,21-22H,1-2H3. The first-order valence-electron chi connectivity index (χ1n) is 7.19. The highest BCUT2D eigenvalue weighted by atomic mass is 16.5. The van der Waals surface area contributed by atoms with Crippen LogP contribution in [0.5, 0.6) is 5.75 Å². The second kappa shape index (κ2) is 5.66. The van der Waals surface area contributed by atoms with Crippen molar-refractivity contribution in [2.45, 2.75) is 18.8 Å². The van der Waals surface area contributed by atoms with E-state index in [1.807, 2.05) is 19.1 Å². The molecule has 120 valence electrons. The van der Waals surface area contributed by atoms with Crippen LogP contribution in [0.2, 0.25) is 0 Å². The van der Waals surface area contributed by atoms with Crippen LogP contribution in [0, 0.1) is 6.92 Å². The maximum Gasteiger partial charge on any atom is 0.303 e. The SMILES string of the molecule is COc1cccc(C2NN(c3ccc(C)cc3)C(=O)C2(O)O)c1. The summed E-state index contributed by atoms with van der Waals surface area (Å²) in [7, 11) is 1.52. The molecule has 1 aliphatic rings. The number of nitrogens with zero attached hydrogens (tertiary/aromatic N) is 1. The topological polar surface area (TPSA) is 82.0 Å². The number of hydrogen-bond donors (Lipinski definition) is 3. The van der Waals surface area contributed by atoms with Gasteiger partial charge in [0.25, 0.3) is 5.79 Å². The maximum absolute atomic E-state index is 12.4. The van der Waals surface area contributed by atoms with Crippen LogP contribution >= 0.6 is 0 Å². The Morgan fingerprint density at radius 3 is 2.52 bits per heavy atom. The molecule has 0 spiro atoms. The quantitative estimate of drug-likeness (QED) is 0.744. The molecule has 6 nitrogen and oxygen atoms in total. The second-order valence-electron chi connectivity index (χ2n) is 5.54. The zero-order chi connectivity index (χ0) is 16.6. The average molecular weight is 314 g/mol. The molecular weight excluding hydrogens is 296 g/mol. The van der Waals surface area contributed by atoms with E-state index in [0.29, 0.717) is 17.0 Å². The highest BCUT2D eigenvalue weighted by Crippen LogP contribution is 2.35. The van der Waals surface area contributed by atoms with Gasteiger partial charge in [-0.25, -0.2) is 10.4 Å². The fourth-order valence-electron chi connectivity index (χ4n) is 2.58. The first kappa shape index (κ1) is 15.5. The van der Waals surface area contributed by atoms with Crippen molar-refractivity contribution in [2.75, 3.05) is 12.1 Å². The third kappa shape index (κ3) is 2.68. The molecule has 2 aromatic carbocycles. The smallest absolute Gasteiger partial charge is 0.303 e. The second-order valence-corrected chi connectivity index (χ2v) is 5.54. The first-order valence-corrected chi connectivity index (χ1v) is 7.19. The number of methoxy groups -OCH3 is 1. The van der Waals surface area contributed by atoms with Crippen molar-refractivity contribution in [3.05, 3.63) is 59.7 Å².